The molecule has 6 rings (SSSR count). The molecule has 7 nitrogen and oxygen atoms in total. The van der Waals surface area contributed by atoms with Crippen molar-refractivity contribution in [2.45, 2.75) is 18.8 Å². The third kappa shape index (κ3) is 1.80. The lowest BCUT2D eigenvalue weighted by Crippen LogP contribution is -1.98. The Kier molecular flexibility index (Phi) is 2.53. The van der Waals surface area contributed by atoms with E-state index in [0.717, 1.165) is 39.5 Å². The highest BCUT2D eigenvalue weighted by Crippen LogP contribution is 2.40. The van der Waals surface area contributed by atoms with Crippen molar-refractivity contribution in [2.75, 3.05) is 0 Å². The Hall–Kier alpha value is -2.74. The molecule has 5 aromatic rings. The highest BCUT2D eigenvalue weighted by atomic mass is 79.9. The van der Waals surface area contributed by atoms with Gasteiger partial charge in [-0.3, -0.25) is 8.80 Å². The number of rotatable bonds is 2. The summed E-state index contributed by atoms with van der Waals surface area (Å²) in [5, 5.41) is 5.19. The molecule has 0 N–H and O–H groups in total. The first-order valence-corrected chi connectivity index (χ1v) is 8.85. The van der Waals surface area contributed by atoms with Crippen LogP contribution in [0.5, 0.6) is 0 Å². The van der Waals surface area contributed by atoms with Gasteiger partial charge in [-0.1, -0.05) is 11.2 Å². The van der Waals surface area contributed by atoms with Crippen LogP contribution in [-0.4, -0.2) is 28.9 Å². The second kappa shape index (κ2) is 4.66. The monoisotopic (exact) mass is 394 g/mol. The van der Waals surface area contributed by atoms with Crippen LogP contribution in [0.1, 0.15) is 24.7 Å². The zero-order valence-corrected chi connectivity index (χ0v) is 14.5. The Morgan fingerprint density at radius 3 is 2.96 bits per heavy atom. The van der Waals surface area contributed by atoms with Gasteiger partial charge in [0.05, 0.1) is 10.9 Å². The highest BCUT2D eigenvalue weighted by Gasteiger charge is 2.30. The minimum atomic E-state index is 0.417. The Bertz CT molecular complexity index is 1280. The Morgan fingerprint density at radius 2 is 2.08 bits per heavy atom. The number of halogens is 1. The summed E-state index contributed by atoms with van der Waals surface area (Å²) in [6, 6.07) is 6.07. The number of benzene rings is 1. The van der Waals surface area contributed by atoms with Gasteiger partial charge in [-0.2, -0.15) is 4.98 Å². The molecule has 1 aliphatic rings. The lowest BCUT2D eigenvalue weighted by Gasteiger charge is -2.08. The van der Waals surface area contributed by atoms with Crippen molar-refractivity contribution in [1.82, 2.24) is 28.9 Å². The van der Waals surface area contributed by atoms with Gasteiger partial charge in [-0.05, 0) is 40.9 Å². The van der Waals surface area contributed by atoms with E-state index in [2.05, 4.69) is 42.1 Å². The van der Waals surface area contributed by atoms with Crippen molar-refractivity contribution in [3.63, 3.8) is 0 Å². The van der Waals surface area contributed by atoms with Gasteiger partial charge in [-0.15, -0.1) is 0 Å². The van der Waals surface area contributed by atoms with Gasteiger partial charge in [-0.25, -0.2) is 9.97 Å². The summed E-state index contributed by atoms with van der Waals surface area (Å²) in [7, 11) is 0. The molecule has 8 heteroatoms. The molecule has 0 amide bonds. The fraction of sp³-hybridized carbons (Fsp3) is 0.176. The first-order valence-electron chi connectivity index (χ1n) is 8.05. The van der Waals surface area contributed by atoms with Crippen molar-refractivity contribution < 1.29 is 4.52 Å². The van der Waals surface area contributed by atoms with Crippen LogP contribution in [0.4, 0.5) is 0 Å². The standard InChI is InChI=1S/C17H11BrN6O/c18-10-2-1-3-11-12(10)15-19-6-7-23(15)17-13(20-8-24(11)17)14-21-16(25-22-14)9-4-5-9/h1-3,6-9H,4-5H2. The van der Waals surface area contributed by atoms with E-state index in [1.165, 1.54) is 0 Å². The van der Waals surface area contributed by atoms with Crippen LogP contribution in [-0.2, 0) is 0 Å². The molecule has 0 saturated heterocycles. The van der Waals surface area contributed by atoms with E-state index < -0.39 is 0 Å². The molecular weight excluding hydrogens is 384 g/mol. The topological polar surface area (TPSA) is 73.5 Å². The minimum absolute atomic E-state index is 0.417. The maximum absolute atomic E-state index is 5.42. The molecule has 4 aromatic heterocycles. The number of imidazole rings is 2. The van der Waals surface area contributed by atoms with E-state index in [4.69, 9.17) is 4.52 Å². The van der Waals surface area contributed by atoms with E-state index in [1.807, 2.05) is 27.1 Å². The maximum Gasteiger partial charge on any atom is 0.230 e. The van der Waals surface area contributed by atoms with Crippen molar-refractivity contribution in [1.29, 1.82) is 0 Å². The van der Waals surface area contributed by atoms with Gasteiger partial charge in [0.1, 0.15) is 12.0 Å². The molecule has 1 fully saturated rings. The minimum Gasteiger partial charge on any atom is -0.339 e. The quantitative estimate of drug-likeness (QED) is 0.454. The molecule has 4 heterocycles. The highest BCUT2D eigenvalue weighted by molar-refractivity contribution is 9.10. The lowest BCUT2D eigenvalue weighted by atomic mass is 10.2. The number of nitrogens with zero attached hydrogens (tertiary/aromatic N) is 6. The molecule has 0 radical (unpaired) electrons. The van der Waals surface area contributed by atoms with Crippen LogP contribution in [0.3, 0.4) is 0 Å². The van der Waals surface area contributed by atoms with Crippen molar-refractivity contribution >= 4 is 38.1 Å². The van der Waals surface area contributed by atoms with E-state index in [-0.39, 0.29) is 0 Å². The molecule has 0 spiro atoms. The molecule has 1 aliphatic carbocycles. The van der Waals surface area contributed by atoms with Gasteiger partial charge in [0, 0.05) is 22.8 Å². The largest absolute Gasteiger partial charge is 0.339 e. The van der Waals surface area contributed by atoms with Crippen LogP contribution >= 0.6 is 15.9 Å². The molecule has 25 heavy (non-hydrogen) atoms. The Morgan fingerprint density at radius 1 is 1.16 bits per heavy atom. The summed E-state index contributed by atoms with van der Waals surface area (Å²) < 4.78 is 10.5. The van der Waals surface area contributed by atoms with Crippen molar-refractivity contribution in [3.05, 3.63) is 47.3 Å². The zero-order chi connectivity index (χ0) is 16.5. The number of fused-ring (bicyclic) bond motifs is 6. The normalized spacial score (nSPS) is 14.9. The van der Waals surface area contributed by atoms with Crippen LogP contribution < -0.4 is 0 Å². The summed E-state index contributed by atoms with van der Waals surface area (Å²) in [5.41, 5.74) is 3.46. The van der Waals surface area contributed by atoms with E-state index in [9.17, 15) is 0 Å². The van der Waals surface area contributed by atoms with E-state index >= 15 is 0 Å². The predicted octanol–water partition coefficient (Wildman–Crippen LogP) is 3.83. The van der Waals surface area contributed by atoms with Gasteiger partial charge >= 0.3 is 0 Å². The molecule has 0 aliphatic heterocycles. The van der Waals surface area contributed by atoms with Crippen molar-refractivity contribution in [3.8, 4) is 11.5 Å². The third-order valence-electron chi connectivity index (χ3n) is 4.67. The summed E-state index contributed by atoms with van der Waals surface area (Å²) in [4.78, 5) is 13.7. The molecule has 0 unspecified atom stereocenters. The molecular formula is C17H11BrN6O. The van der Waals surface area contributed by atoms with Crippen molar-refractivity contribution in [2.24, 2.45) is 0 Å². The lowest BCUT2D eigenvalue weighted by molar-refractivity contribution is 0.380. The van der Waals surface area contributed by atoms with Gasteiger partial charge < -0.3 is 4.52 Å². The molecule has 1 aromatic carbocycles. The smallest absolute Gasteiger partial charge is 0.230 e. The molecule has 1 saturated carbocycles. The average molecular weight is 395 g/mol. The number of hydrogen-bond donors (Lipinski definition) is 0. The maximum atomic E-state index is 5.42. The zero-order valence-electron chi connectivity index (χ0n) is 12.9. The van der Waals surface area contributed by atoms with Gasteiger partial charge in [0.15, 0.2) is 11.3 Å². The first kappa shape index (κ1) is 13.5. The fourth-order valence-electron chi connectivity index (χ4n) is 3.33. The second-order valence-electron chi connectivity index (χ2n) is 6.27. The van der Waals surface area contributed by atoms with Crippen LogP contribution in [0, 0.1) is 0 Å². The fourth-order valence-corrected chi connectivity index (χ4v) is 3.86. The summed E-state index contributed by atoms with van der Waals surface area (Å²) in [6.07, 6.45) is 7.76. The molecule has 122 valence electrons. The predicted molar refractivity (Wildman–Crippen MR) is 94.4 cm³/mol. The second-order valence-corrected chi connectivity index (χ2v) is 7.13. The third-order valence-corrected chi connectivity index (χ3v) is 5.33. The Labute approximate surface area is 149 Å². The number of aromatic nitrogens is 6. The molecule has 0 atom stereocenters. The van der Waals surface area contributed by atoms with E-state index in [0.29, 0.717) is 23.3 Å². The number of hydrogen-bond acceptors (Lipinski definition) is 5. The summed E-state index contributed by atoms with van der Waals surface area (Å²) >= 11 is 3.64. The van der Waals surface area contributed by atoms with E-state index in [1.54, 1.807) is 12.5 Å². The average Bonchev–Trinajstić information content (AvgIpc) is 3.03. The summed E-state index contributed by atoms with van der Waals surface area (Å²) in [6.45, 7) is 0. The van der Waals surface area contributed by atoms with Crippen LogP contribution in [0.2, 0.25) is 0 Å². The SMILES string of the molecule is Brc1cccc2c1c1nccn1c1c(-c3noc(C4CC4)n3)ncn21. The van der Waals surface area contributed by atoms with Crippen LogP contribution in [0.15, 0.2) is 45.9 Å². The first-order chi connectivity index (χ1) is 12.3. The Balaban J connectivity index is 1.74. The molecule has 0 bridgehead atoms. The summed E-state index contributed by atoms with van der Waals surface area (Å²) in [5.74, 6) is 1.65. The van der Waals surface area contributed by atoms with Gasteiger partial charge in [0.2, 0.25) is 11.7 Å². The van der Waals surface area contributed by atoms with Gasteiger partial charge in [0.25, 0.3) is 0 Å². The van der Waals surface area contributed by atoms with Crippen LogP contribution in [0.25, 0.3) is 33.7 Å².